The highest BCUT2D eigenvalue weighted by atomic mass is 127. The molecule has 1 aromatic carbocycles. The zero-order chi connectivity index (χ0) is 18.2. The summed E-state index contributed by atoms with van der Waals surface area (Å²) < 4.78 is 2.10. The molecule has 0 atom stereocenters. The minimum Gasteiger partial charge on any atom is -1.00 e. The van der Waals surface area contributed by atoms with Crippen LogP contribution >= 0.6 is 11.6 Å². The molecule has 27 heavy (non-hydrogen) atoms. The van der Waals surface area contributed by atoms with Gasteiger partial charge in [-0.05, 0) is 30.5 Å². The van der Waals surface area contributed by atoms with Crippen LogP contribution < -0.4 is 33.4 Å². The van der Waals surface area contributed by atoms with Gasteiger partial charge in [0.1, 0.15) is 12.7 Å². The normalized spacial score (nSPS) is 14.6. The Morgan fingerprint density at radius 1 is 1.00 bits per heavy atom. The highest BCUT2D eigenvalue weighted by Gasteiger charge is 2.15. The van der Waals surface area contributed by atoms with E-state index in [-0.39, 0.29) is 24.0 Å². The lowest BCUT2D eigenvalue weighted by molar-refractivity contribution is -0.670. The van der Waals surface area contributed by atoms with Crippen molar-refractivity contribution in [1.29, 1.82) is 0 Å². The molecule has 2 nitrogen and oxygen atoms in total. The second-order valence-electron chi connectivity index (χ2n) is 7.68. The van der Waals surface area contributed by atoms with E-state index in [0.29, 0.717) is 0 Å². The first kappa shape index (κ1) is 22.5. The van der Waals surface area contributed by atoms with Gasteiger partial charge in [0.05, 0.1) is 10.7 Å². The SMILES string of the molecule is C[n+]1cccc(N(CCCCCC2CCCCC2)c2ccccc2Cl)c1.[I-]. The van der Waals surface area contributed by atoms with E-state index in [0.717, 1.165) is 23.2 Å². The Hall–Kier alpha value is -0.810. The van der Waals surface area contributed by atoms with Gasteiger partial charge in [-0.15, -0.1) is 0 Å². The van der Waals surface area contributed by atoms with Gasteiger partial charge < -0.3 is 28.9 Å². The molecule has 0 saturated heterocycles. The highest BCUT2D eigenvalue weighted by molar-refractivity contribution is 6.33. The van der Waals surface area contributed by atoms with Crippen molar-refractivity contribution in [3.63, 3.8) is 0 Å². The van der Waals surface area contributed by atoms with Crippen molar-refractivity contribution in [2.24, 2.45) is 13.0 Å². The molecule has 0 N–H and O–H groups in total. The summed E-state index contributed by atoms with van der Waals surface area (Å²) >= 11 is 6.50. The molecule has 0 bridgehead atoms. The summed E-state index contributed by atoms with van der Waals surface area (Å²) in [5, 5.41) is 0.821. The summed E-state index contributed by atoms with van der Waals surface area (Å²) in [5.74, 6) is 0.997. The lowest BCUT2D eigenvalue weighted by Gasteiger charge is -2.25. The molecule has 0 amide bonds. The summed E-state index contributed by atoms with van der Waals surface area (Å²) in [5.41, 5.74) is 2.31. The number of anilines is 2. The molecule has 1 aliphatic rings. The van der Waals surface area contributed by atoms with Crippen molar-refractivity contribution in [3.8, 4) is 0 Å². The average Bonchev–Trinajstić information content (AvgIpc) is 2.66. The third kappa shape index (κ3) is 6.94. The van der Waals surface area contributed by atoms with E-state index in [9.17, 15) is 0 Å². The number of aromatic nitrogens is 1. The van der Waals surface area contributed by atoms with Gasteiger partial charge in [-0.1, -0.05) is 75.1 Å². The third-order valence-electron chi connectivity index (χ3n) is 5.60. The molecule has 0 radical (unpaired) electrons. The number of hydrogen-bond acceptors (Lipinski definition) is 1. The van der Waals surface area contributed by atoms with Crippen LogP contribution in [0.5, 0.6) is 0 Å². The molecule has 0 aliphatic heterocycles. The predicted octanol–water partition coefficient (Wildman–Crippen LogP) is 3.45. The molecular weight excluding hydrogens is 467 g/mol. The Balaban J connectivity index is 0.00000261. The van der Waals surface area contributed by atoms with Crippen molar-refractivity contribution < 1.29 is 28.5 Å². The van der Waals surface area contributed by atoms with Gasteiger partial charge in [-0.3, -0.25) is 0 Å². The van der Waals surface area contributed by atoms with Crippen molar-refractivity contribution >= 4 is 23.0 Å². The Morgan fingerprint density at radius 3 is 2.52 bits per heavy atom. The fraction of sp³-hybridized carbons (Fsp3) is 0.522. The van der Waals surface area contributed by atoms with E-state index in [2.05, 4.69) is 53.2 Å². The van der Waals surface area contributed by atoms with E-state index >= 15 is 0 Å². The molecule has 1 heterocycles. The number of hydrogen-bond donors (Lipinski definition) is 0. The van der Waals surface area contributed by atoms with Crippen LogP contribution in [0, 0.1) is 5.92 Å². The largest absolute Gasteiger partial charge is 1.00 e. The Kier molecular flexibility index (Phi) is 9.91. The van der Waals surface area contributed by atoms with Crippen LogP contribution in [-0.2, 0) is 7.05 Å². The van der Waals surface area contributed by atoms with Gasteiger partial charge in [-0.2, -0.15) is 0 Å². The number of benzene rings is 1. The van der Waals surface area contributed by atoms with Crippen LogP contribution in [0.1, 0.15) is 57.8 Å². The first-order chi connectivity index (χ1) is 12.7. The lowest BCUT2D eigenvalue weighted by atomic mass is 9.85. The van der Waals surface area contributed by atoms with Crippen molar-refractivity contribution in [2.75, 3.05) is 11.4 Å². The molecule has 148 valence electrons. The molecule has 1 fully saturated rings. The fourth-order valence-corrected chi connectivity index (χ4v) is 4.38. The number of nitrogens with zero attached hydrogens (tertiary/aromatic N) is 2. The number of unbranched alkanes of at least 4 members (excludes halogenated alkanes) is 2. The van der Waals surface area contributed by atoms with Crippen molar-refractivity contribution in [2.45, 2.75) is 57.8 Å². The monoisotopic (exact) mass is 498 g/mol. The van der Waals surface area contributed by atoms with Gasteiger partial charge >= 0.3 is 0 Å². The molecule has 4 heteroatoms. The summed E-state index contributed by atoms with van der Waals surface area (Å²) in [6.07, 6.45) is 16.8. The zero-order valence-corrected chi connectivity index (χ0v) is 19.3. The second-order valence-corrected chi connectivity index (χ2v) is 8.09. The van der Waals surface area contributed by atoms with Gasteiger partial charge in [0, 0.05) is 12.6 Å². The first-order valence-corrected chi connectivity index (χ1v) is 10.6. The number of para-hydroxylation sites is 1. The molecule has 1 aromatic heterocycles. The van der Waals surface area contributed by atoms with Gasteiger partial charge in [0.15, 0.2) is 12.4 Å². The fourth-order valence-electron chi connectivity index (χ4n) is 4.15. The van der Waals surface area contributed by atoms with Crippen LogP contribution in [0.3, 0.4) is 0 Å². The van der Waals surface area contributed by atoms with Crippen molar-refractivity contribution in [3.05, 3.63) is 53.8 Å². The summed E-state index contributed by atoms with van der Waals surface area (Å²) in [6, 6.07) is 12.4. The summed E-state index contributed by atoms with van der Waals surface area (Å²) in [7, 11) is 2.07. The minimum atomic E-state index is 0. The first-order valence-electron chi connectivity index (χ1n) is 10.2. The molecule has 0 spiro atoms. The molecule has 1 saturated carbocycles. The lowest BCUT2D eigenvalue weighted by Crippen LogP contribution is -3.00. The Morgan fingerprint density at radius 2 is 1.78 bits per heavy atom. The van der Waals surface area contributed by atoms with Crippen LogP contribution in [-0.4, -0.2) is 6.54 Å². The molecule has 2 aromatic rings. The van der Waals surface area contributed by atoms with Crippen LogP contribution in [0.2, 0.25) is 5.02 Å². The average molecular weight is 499 g/mol. The van der Waals surface area contributed by atoms with E-state index in [1.165, 1.54) is 63.5 Å². The number of aryl methyl sites for hydroxylation is 1. The maximum atomic E-state index is 6.50. The quantitative estimate of drug-likeness (QED) is 0.307. The maximum Gasteiger partial charge on any atom is 0.192 e. The van der Waals surface area contributed by atoms with E-state index in [4.69, 9.17) is 11.6 Å². The zero-order valence-electron chi connectivity index (χ0n) is 16.4. The number of pyridine rings is 1. The van der Waals surface area contributed by atoms with Crippen LogP contribution in [0.15, 0.2) is 48.8 Å². The summed E-state index contributed by atoms with van der Waals surface area (Å²) in [6.45, 7) is 1.01. The third-order valence-corrected chi connectivity index (χ3v) is 5.92. The van der Waals surface area contributed by atoms with Gasteiger partial charge in [-0.25, -0.2) is 4.57 Å². The number of rotatable bonds is 8. The van der Waals surface area contributed by atoms with Crippen LogP contribution in [0.25, 0.3) is 0 Å². The summed E-state index contributed by atoms with van der Waals surface area (Å²) in [4.78, 5) is 2.36. The van der Waals surface area contributed by atoms with E-state index < -0.39 is 0 Å². The Bertz CT molecular complexity index is 686. The predicted molar refractivity (Wildman–Crippen MR) is 111 cm³/mol. The minimum absolute atomic E-state index is 0. The van der Waals surface area contributed by atoms with E-state index in [1.54, 1.807) is 0 Å². The maximum absolute atomic E-state index is 6.50. The van der Waals surface area contributed by atoms with Crippen LogP contribution in [0.4, 0.5) is 11.4 Å². The van der Waals surface area contributed by atoms with Crippen molar-refractivity contribution in [1.82, 2.24) is 0 Å². The molecule has 3 rings (SSSR count). The topological polar surface area (TPSA) is 7.12 Å². The second kappa shape index (κ2) is 11.9. The Labute approximate surface area is 186 Å². The smallest absolute Gasteiger partial charge is 0.192 e. The highest BCUT2D eigenvalue weighted by Crippen LogP contribution is 2.32. The molecule has 1 aliphatic carbocycles. The van der Waals surface area contributed by atoms with Gasteiger partial charge in [0.2, 0.25) is 0 Å². The van der Waals surface area contributed by atoms with E-state index in [1.807, 2.05) is 12.1 Å². The number of halogens is 2. The molecular formula is C23H32ClIN2. The van der Waals surface area contributed by atoms with Gasteiger partial charge in [0.25, 0.3) is 0 Å². The standard InChI is InChI=1S/C23H32ClN2.HI/c1-25-17-10-14-21(19-25)26(23-16-8-7-15-22(23)24)18-9-3-6-13-20-11-4-2-5-12-20;/h7-8,10,14-17,19-20H,2-6,9,11-13,18H2,1H3;1H/q+1;/p-1. The molecule has 0 unspecified atom stereocenters.